The van der Waals surface area contributed by atoms with Crippen LogP contribution >= 0.6 is 15.9 Å². The summed E-state index contributed by atoms with van der Waals surface area (Å²) in [6.07, 6.45) is 2.55. The first-order valence-corrected chi connectivity index (χ1v) is 8.03. The predicted octanol–water partition coefficient (Wildman–Crippen LogP) is 3.28. The Bertz CT molecular complexity index is 442. The predicted molar refractivity (Wildman–Crippen MR) is 87.2 cm³/mol. The highest BCUT2D eigenvalue weighted by molar-refractivity contribution is 9.10. The van der Waals surface area contributed by atoms with E-state index in [-0.39, 0.29) is 0 Å². The van der Waals surface area contributed by atoms with Crippen LogP contribution in [0.5, 0.6) is 5.75 Å². The molecule has 1 N–H and O–H groups in total. The topological polar surface area (TPSA) is 24.5 Å². The summed E-state index contributed by atoms with van der Waals surface area (Å²) in [5, 5.41) is 3.61. The maximum Gasteiger partial charge on any atom is 0.119 e. The second kappa shape index (κ2) is 6.92. The van der Waals surface area contributed by atoms with Crippen molar-refractivity contribution >= 4 is 15.9 Å². The molecule has 0 spiro atoms. The number of nitrogens with one attached hydrogen (secondary N) is 1. The highest BCUT2D eigenvalue weighted by atomic mass is 79.9. The van der Waals surface area contributed by atoms with Crippen LogP contribution in [0.25, 0.3) is 0 Å². The monoisotopic (exact) mass is 340 g/mol. The van der Waals surface area contributed by atoms with Gasteiger partial charge in [0.1, 0.15) is 5.75 Å². The van der Waals surface area contributed by atoms with Crippen molar-refractivity contribution in [2.24, 2.45) is 5.41 Å². The van der Waals surface area contributed by atoms with Crippen molar-refractivity contribution in [3.8, 4) is 5.75 Å². The van der Waals surface area contributed by atoms with Crippen molar-refractivity contribution in [2.45, 2.75) is 26.3 Å². The quantitative estimate of drug-likeness (QED) is 0.890. The summed E-state index contributed by atoms with van der Waals surface area (Å²) in [5.74, 6) is 0.913. The molecule has 0 aromatic heterocycles. The Morgan fingerprint density at radius 1 is 1.35 bits per heavy atom. The van der Waals surface area contributed by atoms with Crippen LogP contribution in [0.15, 0.2) is 22.7 Å². The zero-order chi connectivity index (χ0) is 14.6. The zero-order valence-electron chi connectivity index (χ0n) is 12.7. The molecular formula is C16H25BrN2O. The van der Waals surface area contributed by atoms with Gasteiger partial charge in [-0.2, -0.15) is 0 Å². The Balaban J connectivity index is 1.86. The van der Waals surface area contributed by atoms with Gasteiger partial charge in [-0.1, -0.05) is 22.9 Å². The van der Waals surface area contributed by atoms with Gasteiger partial charge >= 0.3 is 0 Å². The van der Waals surface area contributed by atoms with E-state index < -0.39 is 0 Å². The normalized spacial score (nSPS) is 19.0. The molecule has 1 aliphatic heterocycles. The third-order valence-corrected chi connectivity index (χ3v) is 5.09. The molecule has 0 bridgehead atoms. The molecule has 2 rings (SSSR count). The number of hydrogen-bond acceptors (Lipinski definition) is 3. The first kappa shape index (κ1) is 15.8. The number of nitrogens with zero attached hydrogens (tertiary/aromatic N) is 1. The highest BCUT2D eigenvalue weighted by Crippen LogP contribution is 2.30. The van der Waals surface area contributed by atoms with E-state index in [0.29, 0.717) is 5.41 Å². The molecule has 0 unspecified atom stereocenters. The molecule has 0 aliphatic carbocycles. The summed E-state index contributed by atoms with van der Waals surface area (Å²) in [5.41, 5.74) is 1.68. The fourth-order valence-electron chi connectivity index (χ4n) is 2.65. The third kappa shape index (κ3) is 4.21. The van der Waals surface area contributed by atoms with Crippen LogP contribution in [-0.2, 0) is 6.54 Å². The van der Waals surface area contributed by atoms with E-state index in [1.54, 1.807) is 7.11 Å². The molecule has 1 aromatic rings. The van der Waals surface area contributed by atoms with Crippen LogP contribution in [0.1, 0.15) is 25.3 Å². The fraction of sp³-hybridized carbons (Fsp3) is 0.625. The minimum Gasteiger partial charge on any atom is -0.497 e. The molecule has 1 fully saturated rings. The summed E-state index contributed by atoms with van der Waals surface area (Å²) in [4.78, 5) is 2.42. The number of piperidine rings is 1. The van der Waals surface area contributed by atoms with Crippen molar-refractivity contribution in [2.75, 3.05) is 33.8 Å². The van der Waals surface area contributed by atoms with Gasteiger partial charge in [-0.15, -0.1) is 0 Å². The Kier molecular flexibility index (Phi) is 5.47. The summed E-state index contributed by atoms with van der Waals surface area (Å²) in [7, 11) is 3.92. The first-order valence-electron chi connectivity index (χ1n) is 7.24. The van der Waals surface area contributed by atoms with Crippen LogP contribution in [0.3, 0.4) is 0 Å². The summed E-state index contributed by atoms with van der Waals surface area (Å²) < 4.78 is 6.42. The number of likely N-dealkylation sites (tertiary alicyclic amines) is 1. The van der Waals surface area contributed by atoms with E-state index in [0.717, 1.165) is 23.3 Å². The molecule has 1 saturated heterocycles. The number of halogens is 1. The maximum atomic E-state index is 5.28. The second-order valence-corrected chi connectivity index (χ2v) is 7.03. The smallest absolute Gasteiger partial charge is 0.119 e. The second-order valence-electron chi connectivity index (χ2n) is 6.17. The number of rotatable bonds is 5. The van der Waals surface area contributed by atoms with Crippen LogP contribution < -0.4 is 10.1 Å². The lowest BCUT2D eigenvalue weighted by Gasteiger charge is -2.38. The lowest BCUT2D eigenvalue weighted by molar-refractivity contribution is 0.137. The SMILES string of the molecule is COc1ccc(Br)c(CNCC2(C)CCN(C)CC2)c1. The van der Waals surface area contributed by atoms with E-state index in [1.165, 1.54) is 31.5 Å². The first-order chi connectivity index (χ1) is 9.52. The third-order valence-electron chi connectivity index (χ3n) is 4.31. The molecule has 0 atom stereocenters. The highest BCUT2D eigenvalue weighted by Gasteiger charge is 2.28. The van der Waals surface area contributed by atoms with Crippen LogP contribution in [0.2, 0.25) is 0 Å². The number of hydrogen-bond donors (Lipinski definition) is 1. The fourth-order valence-corrected chi connectivity index (χ4v) is 3.03. The molecular weight excluding hydrogens is 316 g/mol. The number of benzene rings is 1. The van der Waals surface area contributed by atoms with Crippen molar-refractivity contribution in [3.63, 3.8) is 0 Å². The van der Waals surface area contributed by atoms with Crippen LogP contribution in [-0.4, -0.2) is 38.7 Å². The van der Waals surface area contributed by atoms with Gasteiger partial charge < -0.3 is 15.0 Å². The van der Waals surface area contributed by atoms with Gasteiger partial charge in [-0.3, -0.25) is 0 Å². The summed E-state index contributed by atoms with van der Waals surface area (Å²) in [6.45, 7) is 6.77. The van der Waals surface area contributed by atoms with Crippen LogP contribution in [0.4, 0.5) is 0 Å². The van der Waals surface area contributed by atoms with Gasteiger partial charge in [-0.05, 0) is 62.2 Å². The van der Waals surface area contributed by atoms with Crippen molar-refractivity contribution in [3.05, 3.63) is 28.2 Å². The molecule has 0 radical (unpaired) electrons. The van der Waals surface area contributed by atoms with E-state index in [4.69, 9.17) is 4.74 Å². The average molecular weight is 341 g/mol. The van der Waals surface area contributed by atoms with Crippen molar-refractivity contribution in [1.82, 2.24) is 10.2 Å². The zero-order valence-corrected chi connectivity index (χ0v) is 14.3. The molecule has 1 aromatic carbocycles. The van der Waals surface area contributed by atoms with E-state index in [2.05, 4.69) is 46.2 Å². The molecule has 4 heteroatoms. The van der Waals surface area contributed by atoms with Gasteiger partial charge in [0.2, 0.25) is 0 Å². The van der Waals surface area contributed by atoms with Crippen molar-refractivity contribution in [1.29, 1.82) is 0 Å². The Morgan fingerprint density at radius 3 is 2.70 bits per heavy atom. The summed E-state index contributed by atoms with van der Waals surface area (Å²) in [6, 6.07) is 6.12. The molecule has 20 heavy (non-hydrogen) atoms. The maximum absolute atomic E-state index is 5.28. The molecule has 0 amide bonds. The number of ether oxygens (including phenoxy) is 1. The largest absolute Gasteiger partial charge is 0.497 e. The summed E-state index contributed by atoms with van der Waals surface area (Å²) >= 11 is 3.60. The Labute approximate surface area is 130 Å². The molecule has 1 heterocycles. The van der Waals surface area contributed by atoms with Crippen LogP contribution in [0, 0.1) is 5.41 Å². The molecule has 1 aliphatic rings. The van der Waals surface area contributed by atoms with Gasteiger partial charge in [-0.25, -0.2) is 0 Å². The number of methoxy groups -OCH3 is 1. The lowest BCUT2D eigenvalue weighted by atomic mass is 9.80. The van der Waals surface area contributed by atoms with Gasteiger partial charge in [0.15, 0.2) is 0 Å². The van der Waals surface area contributed by atoms with E-state index >= 15 is 0 Å². The van der Waals surface area contributed by atoms with E-state index in [1.807, 2.05) is 12.1 Å². The Hall–Kier alpha value is -0.580. The van der Waals surface area contributed by atoms with Gasteiger partial charge in [0.05, 0.1) is 7.11 Å². The average Bonchev–Trinajstić information content (AvgIpc) is 2.44. The lowest BCUT2D eigenvalue weighted by Crippen LogP contribution is -2.41. The minimum atomic E-state index is 0.428. The van der Waals surface area contributed by atoms with Gasteiger partial charge in [0.25, 0.3) is 0 Å². The van der Waals surface area contributed by atoms with E-state index in [9.17, 15) is 0 Å². The Morgan fingerprint density at radius 2 is 2.05 bits per heavy atom. The molecule has 112 valence electrons. The molecule has 0 saturated carbocycles. The molecule has 3 nitrogen and oxygen atoms in total. The van der Waals surface area contributed by atoms with Gasteiger partial charge in [0, 0.05) is 17.6 Å². The standard InChI is InChI=1S/C16H25BrN2O/c1-16(6-8-19(2)9-7-16)12-18-11-13-10-14(20-3)4-5-15(13)17/h4-5,10,18H,6-9,11-12H2,1-3H3. The van der Waals surface area contributed by atoms with Crippen molar-refractivity contribution < 1.29 is 4.74 Å². The minimum absolute atomic E-state index is 0.428.